The zero-order chi connectivity index (χ0) is 16.9. The molecule has 3 N–H and O–H groups in total. The van der Waals surface area contributed by atoms with Gasteiger partial charge in [0.2, 0.25) is 0 Å². The van der Waals surface area contributed by atoms with Gasteiger partial charge in [-0.1, -0.05) is 18.2 Å². The third-order valence-corrected chi connectivity index (χ3v) is 4.00. The first kappa shape index (κ1) is 15.6. The van der Waals surface area contributed by atoms with Crippen molar-refractivity contribution < 1.29 is 4.79 Å². The Hall–Kier alpha value is -3.26. The first-order chi connectivity index (χ1) is 11.7. The van der Waals surface area contributed by atoms with E-state index in [0.717, 1.165) is 29.8 Å². The molecule has 3 rings (SSSR count). The first-order valence-corrected chi connectivity index (χ1v) is 7.81. The molecule has 2 aromatic rings. The molecule has 0 bridgehead atoms. The van der Waals surface area contributed by atoms with Crippen molar-refractivity contribution in [3.63, 3.8) is 0 Å². The highest BCUT2D eigenvalue weighted by molar-refractivity contribution is 6.09. The van der Waals surface area contributed by atoms with Crippen LogP contribution in [-0.4, -0.2) is 12.5 Å². The number of hydrogen-bond donors (Lipinski definition) is 2. The minimum atomic E-state index is -0.285. The number of fused-ring (bicyclic) bond motifs is 1. The van der Waals surface area contributed by atoms with Gasteiger partial charge in [-0.05, 0) is 48.7 Å². The van der Waals surface area contributed by atoms with Gasteiger partial charge in [-0.3, -0.25) is 4.79 Å². The van der Waals surface area contributed by atoms with E-state index < -0.39 is 0 Å². The van der Waals surface area contributed by atoms with Crippen LogP contribution < -0.4 is 16.0 Å². The monoisotopic (exact) mass is 318 g/mol. The Morgan fingerprint density at radius 3 is 2.71 bits per heavy atom. The van der Waals surface area contributed by atoms with Crippen LogP contribution in [0.15, 0.2) is 60.3 Å². The second-order valence-electron chi connectivity index (χ2n) is 5.63. The Balaban J connectivity index is 1.81. The summed E-state index contributed by atoms with van der Waals surface area (Å²) in [5.41, 5.74) is 9.17. The van der Waals surface area contributed by atoms with Crippen LogP contribution in [0.2, 0.25) is 0 Å². The summed E-state index contributed by atoms with van der Waals surface area (Å²) < 4.78 is 0. The maximum absolute atomic E-state index is 12.7. The predicted molar refractivity (Wildman–Crippen MR) is 95.3 cm³/mol. The van der Waals surface area contributed by atoms with Gasteiger partial charge in [0.05, 0.1) is 0 Å². The number of aryl methyl sites for hydroxylation is 1. The Kier molecular flexibility index (Phi) is 4.48. The SMILES string of the molecule is N#C/C(=C/Nc1ccc(N)cc1)C(=O)N1CCCc2ccccc21. The number of hydrogen-bond acceptors (Lipinski definition) is 4. The zero-order valence-corrected chi connectivity index (χ0v) is 13.2. The fourth-order valence-electron chi connectivity index (χ4n) is 2.77. The maximum atomic E-state index is 12.7. The molecule has 0 radical (unpaired) electrons. The summed E-state index contributed by atoms with van der Waals surface area (Å²) in [5.74, 6) is -0.285. The lowest BCUT2D eigenvalue weighted by molar-refractivity contribution is -0.114. The van der Waals surface area contributed by atoms with Crippen molar-refractivity contribution in [1.82, 2.24) is 0 Å². The summed E-state index contributed by atoms with van der Waals surface area (Å²) in [6.07, 6.45) is 3.30. The minimum Gasteiger partial charge on any atom is -0.399 e. The van der Waals surface area contributed by atoms with Crippen molar-refractivity contribution in [1.29, 1.82) is 5.26 Å². The van der Waals surface area contributed by atoms with Crippen LogP contribution in [0.25, 0.3) is 0 Å². The lowest BCUT2D eigenvalue weighted by Crippen LogP contribution is -2.36. The number of anilines is 3. The van der Waals surface area contributed by atoms with Crippen molar-refractivity contribution in [2.75, 3.05) is 22.5 Å². The van der Waals surface area contributed by atoms with E-state index >= 15 is 0 Å². The molecule has 0 spiro atoms. The summed E-state index contributed by atoms with van der Waals surface area (Å²) in [4.78, 5) is 14.4. The number of carbonyl (C=O) groups is 1. The molecule has 1 aliphatic heterocycles. The highest BCUT2D eigenvalue weighted by atomic mass is 16.2. The van der Waals surface area contributed by atoms with Crippen molar-refractivity contribution in [3.05, 3.63) is 65.9 Å². The van der Waals surface area contributed by atoms with E-state index in [4.69, 9.17) is 5.73 Å². The Bertz CT molecular complexity index is 818. The van der Waals surface area contributed by atoms with Gasteiger partial charge in [0.15, 0.2) is 0 Å². The summed E-state index contributed by atoms with van der Waals surface area (Å²) >= 11 is 0. The summed E-state index contributed by atoms with van der Waals surface area (Å²) in [5, 5.41) is 12.4. The van der Waals surface area contributed by atoms with Gasteiger partial charge in [0.1, 0.15) is 11.6 Å². The first-order valence-electron chi connectivity index (χ1n) is 7.81. The fourth-order valence-corrected chi connectivity index (χ4v) is 2.77. The average molecular weight is 318 g/mol. The molecule has 0 aromatic heterocycles. The second-order valence-corrected chi connectivity index (χ2v) is 5.63. The van der Waals surface area contributed by atoms with Crippen LogP contribution in [0.4, 0.5) is 17.1 Å². The third kappa shape index (κ3) is 3.23. The van der Waals surface area contributed by atoms with Crippen molar-refractivity contribution in [2.45, 2.75) is 12.8 Å². The molecule has 24 heavy (non-hydrogen) atoms. The van der Waals surface area contributed by atoms with E-state index in [0.29, 0.717) is 12.2 Å². The fraction of sp³-hybridized carbons (Fsp3) is 0.158. The Morgan fingerprint density at radius 1 is 1.21 bits per heavy atom. The highest BCUT2D eigenvalue weighted by Gasteiger charge is 2.24. The van der Waals surface area contributed by atoms with E-state index in [1.807, 2.05) is 30.3 Å². The van der Waals surface area contributed by atoms with Gasteiger partial charge in [0.25, 0.3) is 5.91 Å². The summed E-state index contributed by atoms with van der Waals surface area (Å²) in [6, 6.07) is 16.9. The van der Waals surface area contributed by atoms with E-state index in [1.165, 1.54) is 6.20 Å². The van der Waals surface area contributed by atoms with Crippen molar-refractivity contribution >= 4 is 23.0 Å². The molecular weight excluding hydrogens is 300 g/mol. The smallest absolute Gasteiger partial charge is 0.270 e. The third-order valence-electron chi connectivity index (χ3n) is 4.00. The van der Waals surface area contributed by atoms with Gasteiger partial charge >= 0.3 is 0 Å². The molecule has 2 aromatic carbocycles. The van der Waals surface area contributed by atoms with Gasteiger partial charge in [-0.2, -0.15) is 5.26 Å². The van der Waals surface area contributed by atoms with Gasteiger partial charge in [-0.15, -0.1) is 0 Å². The van der Waals surface area contributed by atoms with Crippen LogP contribution in [-0.2, 0) is 11.2 Å². The average Bonchev–Trinajstić information content (AvgIpc) is 2.63. The summed E-state index contributed by atoms with van der Waals surface area (Å²) in [7, 11) is 0. The summed E-state index contributed by atoms with van der Waals surface area (Å²) in [6.45, 7) is 0.622. The van der Waals surface area contributed by atoms with Crippen LogP contribution in [0.3, 0.4) is 0 Å². The number of amides is 1. The number of para-hydroxylation sites is 1. The predicted octanol–water partition coefficient (Wildman–Crippen LogP) is 3.07. The van der Waals surface area contributed by atoms with Crippen LogP contribution in [0, 0.1) is 11.3 Å². The lowest BCUT2D eigenvalue weighted by atomic mass is 10.0. The second kappa shape index (κ2) is 6.88. The standard InChI is InChI=1S/C19H18N4O/c20-12-15(13-22-17-9-7-16(21)8-10-17)19(24)23-11-3-5-14-4-1-2-6-18(14)23/h1-2,4,6-10,13,22H,3,5,11,21H2/b15-13-. The molecule has 120 valence electrons. The Labute approximate surface area is 141 Å². The van der Waals surface area contributed by atoms with Crippen LogP contribution >= 0.6 is 0 Å². The van der Waals surface area contributed by atoms with Crippen molar-refractivity contribution in [3.8, 4) is 6.07 Å². The molecule has 0 aliphatic carbocycles. The quantitative estimate of drug-likeness (QED) is 0.517. The largest absolute Gasteiger partial charge is 0.399 e. The molecule has 0 saturated heterocycles. The molecule has 1 heterocycles. The molecule has 0 atom stereocenters. The topological polar surface area (TPSA) is 82.1 Å². The number of nitrogens with zero attached hydrogens (tertiary/aromatic N) is 2. The van der Waals surface area contributed by atoms with Crippen LogP contribution in [0.5, 0.6) is 0 Å². The molecule has 0 saturated carbocycles. The van der Waals surface area contributed by atoms with Crippen molar-refractivity contribution in [2.24, 2.45) is 0 Å². The molecule has 1 aliphatic rings. The van der Waals surface area contributed by atoms with Gasteiger partial charge in [0, 0.05) is 29.8 Å². The van der Waals surface area contributed by atoms with E-state index in [1.54, 1.807) is 29.2 Å². The number of carbonyl (C=O) groups excluding carboxylic acids is 1. The van der Waals surface area contributed by atoms with E-state index in [2.05, 4.69) is 5.32 Å². The lowest BCUT2D eigenvalue weighted by Gasteiger charge is -2.29. The number of nitrogen functional groups attached to an aromatic ring is 1. The van der Waals surface area contributed by atoms with Crippen LogP contribution in [0.1, 0.15) is 12.0 Å². The van der Waals surface area contributed by atoms with Gasteiger partial charge < -0.3 is 16.0 Å². The zero-order valence-electron chi connectivity index (χ0n) is 13.2. The molecule has 0 unspecified atom stereocenters. The van der Waals surface area contributed by atoms with Gasteiger partial charge in [-0.25, -0.2) is 0 Å². The minimum absolute atomic E-state index is 0.0727. The molecule has 5 nitrogen and oxygen atoms in total. The highest BCUT2D eigenvalue weighted by Crippen LogP contribution is 2.27. The number of rotatable bonds is 3. The van der Waals surface area contributed by atoms with E-state index in [-0.39, 0.29) is 11.5 Å². The number of nitriles is 1. The molecule has 0 fully saturated rings. The Morgan fingerprint density at radius 2 is 1.96 bits per heavy atom. The number of nitrogens with one attached hydrogen (secondary N) is 1. The van der Waals surface area contributed by atoms with E-state index in [9.17, 15) is 10.1 Å². The molecule has 1 amide bonds. The molecule has 5 heteroatoms. The molecular formula is C19H18N4O. The normalized spacial score (nSPS) is 13.8. The number of nitrogens with two attached hydrogens (primary N) is 1. The number of benzene rings is 2. The maximum Gasteiger partial charge on any atom is 0.270 e.